The average molecular weight is 366 g/mol. The maximum absolute atomic E-state index is 12.5. The predicted molar refractivity (Wildman–Crippen MR) is 89.9 cm³/mol. The van der Waals surface area contributed by atoms with Crippen LogP contribution in [0.25, 0.3) is 0 Å². The summed E-state index contributed by atoms with van der Waals surface area (Å²) in [6.07, 6.45) is 1.19. The Kier molecular flexibility index (Phi) is 5.24. The zero-order valence-electron chi connectivity index (χ0n) is 13.4. The number of ether oxygens (including phenoxy) is 1. The van der Waals surface area contributed by atoms with Crippen LogP contribution in [0.2, 0.25) is 0 Å². The summed E-state index contributed by atoms with van der Waals surface area (Å²) in [6.45, 7) is 0.0156. The Hall–Kier alpha value is -2.13. The number of non-ortho nitro benzene ring substituents is 1. The van der Waals surface area contributed by atoms with Crippen LogP contribution in [0.4, 0.5) is 5.69 Å². The number of fused-ring (bicyclic) bond motifs is 1. The Morgan fingerprint density at radius 2 is 2.12 bits per heavy atom. The monoisotopic (exact) mass is 366 g/mol. The van der Waals surface area contributed by atoms with E-state index in [0.717, 1.165) is 6.42 Å². The van der Waals surface area contributed by atoms with E-state index in [1.165, 1.54) is 36.0 Å². The lowest BCUT2D eigenvalue weighted by molar-refractivity contribution is -0.384. The molecular weight excluding hydrogens is 348 g/mol. The number of rotatable bonds is 7. The molecule has 3 rings (SSSR count). The summed E-state index contributed by atoms with van der Waals surface area (Å²) in [5.41, 5.74) is 0.614. The molecule has 2 heterocycles. The molecule has 2 saturated heterocycles. The number of thioether (sulfide) groups is 1. The summed E-state index contributed by atoms with van der Waals surface area (Å²) in [5, 5.41) is 19.6. The number of esters is 1. The van der Waals surface area contributed by atoms with Gasteiger partial charge in [0.2, 0.25) is 5.91 Å². The van der Waals surface area contributed by atoms with Crippen molar-refractivity contribution in [3.8, 4) is 0 Å². The summed E-state index contributed by atoms with van der Waals surface area (Å²) >= 11 is 1.48. The summed E-state index contributed by atoms with van der Waals surface area (Å²) in [4.78, 5) is 36.1. The largest absolute Gasteiger partial charge is 0.459 e. The predicted octanol–water partition coefficient (Wildman–Crippen LogP) is 1.11. The fourth-order valence-corrected chi connectivity index (χ4v) is 4.43. The van der Waals surface area contributed by atoms with Gasteiger partial charge in [0.15, 0.2) is 0 Å². The summed E-state index contributed by atoms with van der Waals surface area (Å²) < 4.78 is 5.35. The average Bonchev–Trinajstić information content (AvgIpc) is 2.90. The van der Waals surface area contributed by atoms with Crippen molar-refractivity contribution in [3.63, 3.8) is 0 Å². The first kappa shape index (κ1) is 17.7. The van der Waals surface area contributed by atoms with Crippen LogP contribution in [0, 0.1) is 10.1 Å². The van der Waals surface area contributed by atoms with Crippen LogP contribution in [-0.4, -0.2) is 56.5 Å². The second kappa shape index (κ2) is 7.40. The topological polar surface area (TPSA) is 110 Å². The molecule has 1 aromatic rings. The van der Waals surface area contributed by atoms with E-state index < -0.39 is 16.9 Å². The van der Waals surface area contributed by atoms with Crippen molar-refractivity contribution in [2.45, 2.75) is 36.8 Å². The van der Waals surface area contributed by atoms with Crippen LogP contribution in [0.15, 0.2) is 24.3 Å². The van der Waals surface area contributed by atoms with Crippen molar-refractivity contribution in [2.24, 2.45) is 0 Å². The highest BCUT2D eigenvalue weighted by Gasteiger charge is 2.54. The quantitative estimate of drug-likeness (QED) is 0.333. The van der Waals surface area contributed by atoms with E-state index >= 15 is 0 Å². The number of carbonyl (C=O) groups excluding carboxylic acids is 2. The zero-order valence-corrected chi connectivity index (χ0v) is 14.2. The lowest BCUT2D eigenvalue weighted by atomic mass is 10.0. The van der Waals surface area contributed by atoms with Crippen LogP contribution in [0.5, 0.6) is 0 Å². The van der Waals surface area contributed by atoms with Gasteiger partial charge >= 0.3 is 5.97 Å². The molecule has 2 aliphatic rings. The molecule has 0 radical (unpaired) electrons. The van der Waals surface area contributed by atoms with Crippen molar-refractivity contribution in [3.05, 3.63) is 39.9 Å². The fraction of sp³-hybridized carbons (Fsp3) is 0.500. The lowest BCUT2D eigenvalue weighted by Gasteiger charge is -2.37. The van der Waals surface area contributed by atoms with Gasteiger partial charge in [-0.15, -0.1) is 0 Å². The molecule has 9 heteroatoms. The van der Waals surface area contributed by atoms with Gasteiger partial charge in [-0.05, 0) is 24.1 Å². The van der Waals surface area contributed by atoms with Gasteiger partial charge in [-0.3, -0.25) is 14.9 Å². The Morgan fingerprint density at radius 3 is 2.72 bits per heavy atom. The highest BCUT2D eigenvalue weighted by atomic mass is 32.2. The molecule has 1 aromatic carbocycles. The van der Waals surface area contributed by atoms with Gasteiger partial charge < -0.3 is 14.7 Å². The number of β-lactam (4-membered cyclic amide) rings is 1. The zero-order chi connectivity index (χ0) is 18.0. The van der Waals surface area contributed by atoms with Gasteiger partial charge in [0, 0.05) is 35.6 Å². The summed E-state index contributed by atoms with van der Waals surface area (Å²) in [6, 6.07) is 5.24. The second-order valence-corrected chi connectivity index (χ2v) is 7.35. The highest BCUT2D eigenvalue weighted by molar-refractivity contribution is 8.00. The summed E-state index contributed by atoms with van der Waals surface area (Å²) in [7, 11) is 0. The van der Waals surface area contributed by atoms with Crippen LogP contribution >= 0.6 is 11.8 Å². The molecule has 3 atom stereocenters. The van der Waals surface area contributed by atoms with Crippen molar-refractivity contribution < 1.29 is 24.4 Å². The summed E-state index contributed by atoms with van der Waals surface area (Å²) in [5.74, 6) is -0.00956. The molecule has 0 saturated carbocycles. The third-order valence-corrected chi connectivity index (χ3v) is 5.74. The number of hydrogen-bond donors (Lipinski definition) is 1. The molecule has 1 N–H and O–H groups in total. The molecule has 2 unspecified atom stereocenters. The van der Waals surface area contributed by atoms with Crippen LogP contribution in [0.1, 0.15) is 18.4 Å². The van der Waals surface area contributed by atoms with Crippen LogP contribution in [-0.2, 0) is 20.9 Å². The smallest absolute Gasteiger partial charge is 0.330 e. The number of hydrogen-bond acceptors (Lipinski definition) is 7. The molecular formula is C16H18N2O6S. The van der Waals surface area contributed by atoms with Gasteiger partial charge in [-0.1, -0.05) is 0 Å². The number of nitro benzene ring substituents is 1. The van der Waals surface area contributed by atoms with Gasteiger partial charge in [0.05, 0.1) is 11.5 Å². The molecule has 2 aliphatic heterocycles. The minimum atomic E-state index is -0.624. The first-order valence-corrected chi connectivity index (χ1v) is 8.99. The second-order valence-electron chi connectivity index (χ2n) is 6.00. The SMILES string of the molecule is O=C(OCc1ccc([N+](=O)[O-])cc1)[C@@H]1C(SCCO)CC2CC(=O)N21. The molecule has 134 valence electrons. The van der Waals surface area contributed by atoms with E-state index in [1.807, 2.05) is 0 Å². The minimum Gasteiger partial charge on any atom is -0.459 e. The minimum absolute atomic E-state index is 0.00257. The normalized spacial score (nSPS) is 24.6. The number of nitrogens with zero attached hydrogens (tertiary/aromatic N) is 2. The number of aliphatic hydroxyl groups excluding tert-OH is 1. The fourth-order valence-electron chi connectivity index (χ4n) is 3.23. The van der Waals surface area contributed by atoms with E-state index in [-0.39, 0.29) is 36.1 Å². The van der Waals surface area contributed by atoms with E-state index in [4.69, 9.17) is 9.84 Å². The van der Waals surface area contributed by atoms with Crippen molar-refractivity contribution in [1.29, 1.82) is 0 Å². The molecule has 8 nitrogen and oxygen atoms in total. The van der Waals surface area contributed by atoms with Crippen LogP contribution < -0.4 is 0 Å². The highest BCUT2D eigenvalue weighted by Crippen LogP contribution is 2.41. The third kappa shape index (κ3) is 3.62. The van der Waals surface area contributed by atoms with Gasteiger partial charge in [0.25, 0.3) is 5.69 Å². The van der Waals surface area contributed by atoms with Gasteiger partial charge in [0.1, 0.15) is 12.6 Å². The first-order chi connectivity index (χ1) is 12.0. The first-order valence-electron chi connectivity index (χ1n) is 7.95. The lowest BCUT2D eigenvalue weighted by Crippen LogP contribution is -2.55. The number of amides is 1. The van der Waals surface area contributed by atoms with Gasteiger partial charge in [-0.2, -0.15) is 11.8 Å². The molecule has 0 aliphatic carbocycles. The maximum Gasteiger partial charge on any atom is 0.330 e. The van der Waals surface area contributed by atoms with Crippen molar-refractivity contribution in [2.75, 3.05) is 12.4 Å². The van der Waals surface area contributed by atoms with Crippen molar-refractivity contribution in [1.82, 2.24) is 4.90 Å². The molecule has 0 aromatic heterocycles. The number of nitro groups is 1. The third-order valence-electron chi connectivity index (χ3n) is 4.44. The standard InChI is InChI=1S/C16H18N2O6S/c19-5-6-25-13-7-12-8-14(20)17(12)15(13)16(21)24-9-10-1-3-11(4-2-10)18(22)23/h1-4,12-13,15,19H,5-9H2/t12?,13?,15-/m0/s1. The van der Waals surface area contributed by atoms with E-state index in [0.29, 0.717) is 17.7 Å². The van der Waals surface area contributed by atoms with E-state index in [1.54, 1.807) is 4.90 Å². The van der Waals surface area contributed by atoms with E-state index in [9.17, 15) is 19.7 Å². The van der Waals surface area contributed by atoms with E-state index in [2.05, 4.69) is 0 Å². The van der Waals surface area contributed by atoms with Crippen LogP contribution in [0.3, 0.4) is 0 Å². The molecule has 25 heavy (non-hydrogen) atoms. The molecule has 0 bridgehead atoms. The maximum atomic E-state index is 12.5. The Bertz CT molecular complexity index is 680. The number of aliphatic hydroxyl groups is 1. The Balaban J connectivity index is 1.62. The van der Waals surface area contributed by atoms with Gasteiger partial charge in [-0.25, -0.2) is 4.79 Å². The number of carbonyl (C=O) groups is 2. The Morgan fingerprint density at radius 1 is 1.40 bits per heavy atom. The van der Waals surface area contributed by atoms with Crippen molar-refractivity contribution >= 4 is 29.3 Å². The number of benzene rings is 1. The molecule has 2 fully saturated rings. The molecule has 0 spiro atoms. The Labute approximate surface area is 148 Å². The molecule has 1 amide bonds.